The van der Waals surface area contributed by atoms with E-state index in [1.165, 1.54) is 6.42 Å². The standard InChI is InChI=1S/C21H29FN6O/c1-4-29-21-25-13(2)19(23)20(26-21)24-9-15-6-5-14(7-18(15)22)10-28-12-16-8-17(28)11-27(16)3/h5-7,16-17H,4,8-12,23H2,1-3H3,(H,24,25,26)/t16-,17-/m0/s1. The van der Waals surface area contributed by atoms with Crippen LogP contribution in [0.5, 0.6) is 6.01 Å². The molecule has 2 bridgehead atoms. The van der Waals surface area contributed by atoms with Crippen LogP contribution in [-0.4, -0.2) is 58.6 Å². The highest BCUT2D eigenvalue weighted by Crippen LogP contribution is 2.30. The van der Waals surface area contributed by atoms with Crippen LogP contribution in [-0.2, 0) is 13.1 Å². The third-order valence-corrected chi connectivity index (χ3v) is 5.97. The molecule has 3 heterocycles. The molecule has 2 atom stereocenters. The van der Waals surface area contributed by atoms with E-state index in [1.807, 2.05) is 19.1 Å². The van der Waals surface area contributed by atoms with Crippen molar-refractivity contribution in [3.63, 3.8) is 0 Å². The van der Waals surface area contributed by atoms with Crippen molar-refractivity contribution in [2.75, 3.05) is 37.8 Å². The topological polar surface area (TPSA) is 79.5 Å². The maximum atomic E-state index is 14.7. The third-order valence-electron chi connectivity index (χ3n) is 5.97. The van der Waals surface area contributed by atoms with Crippen molar-refractivity contribution in [2.45, 2.75) is 45.4 Å². The molecule has 2 aromatic rings. The molecule has 2 aliphatic rings. The number of hydrogen-bond donors (Lipinski definition) is 2. The van der Waals surface area contributed by atoms with Crippen LogP contribution in [0.4, 0.5) is 15.9 Å². The second-order valence-corrected chi connectivity index (χ2v) is 7.98. The highest BCUT2D eigenvalue weighted by molar-refractivity contribution is 5.64. The number of halogens is 1. The first-order valence-corrected chi connectivity index (χ1v) is 10.2. The summed E-state index contributed by atoms with van der Waals surface area (Å²) in [5.74, 6) is 0.243. The predicted molar refractivity (Wildman–Crippen MR) is 111 cm³/mol. The average Bonchev–Trinajstić information content (AvgIpc) is 3.24. The summed E-state index contributed by atoms with van der Waals surface area (Å²) in [6, 6.07) is 7.01. The average molecular weight is 401 g/mol. The Balaban J connectivity index is 1.40. The van der Waals surface area contributed by atoms with Crippen LogP contribution in [0.3, 0.4) is 0 Å². The largest absolute Gasteiger partial charge is 0.464 e. The molecule has 0 spiro atoms. The van der Waals surface area contributed by atoms with Crippen LogP contribution in [0.15, 0.2) is 18.2 Å². The number of nitrogens with one attached hydrogen (secondary N) is 1. The van der Waals surface area contributed by atoms with E-state index in [-0.39, 0.29) is 18.4 Å². The minimum Gasteiger partial charge on any atom is -0.464 e. The molecular weight excluding hydrogens is 371 g/mol. The first-order valence-electron chi connectivity index (χ1n) is 10.2. The molecule has 0 aliphatic carbocycles. The van der Waals surface area contributed by atoms with Crippen molar-refractivity contribution in [1.82, 2.24) is 19.8 Å². The van der Waals surface area contributed by atoms with E-state index in [0.717, 1.165) is 25.2 Å². The molecule has 0 saturated carbocycles. The lowest BCUT2D eigenvalue weighted by Gasteiger charge is -2.31. The molecule has 0 radical (unpaired) electrons. The van der Waals surface area contributed by atoms with Gasteiger partial charge in [-0.15, -0.1) is 0 Å². The zero-order valence-corrected chi connectivity index (χ0v) is 17.3. The van der Waals surface area contributed by atoms with Crippen molar-refractivity contribution in [3.05, 3.63) is 40.8 Å². The molecule has 2 aliphatic heterocycles. The number of hydrogen-bond acceptors (Lipinski definition) is 7. The summed E-state index contributed by atoms with van der Waals surface area (Å²) in [6.07, 6.45) is 1.23. The quantitative estimate of drug-likeness (QED) is 0.739. The molecule has 4 rings (SSSR count). The smallest absolute Gasteiger partial charge is 0.318 e. The summed E-state index contributed by atoms with van der Waals surface area (Å²) >= 11 is 0. The highest BCUT2D eigenvalue weighted by atomic mass is 19.1. The number of nitrogens with two attached hydrogens (primary N) is 1. The molecule has 1 aromatic carbocycles. The minimum atomic E-state index is -0.217. The van der Waals surface area contributed by atoms with E-state index in [4.69, 9.17) is 10.5 Å². The van der Waals surface area contributed by atoms with Gasteiger partial charge in [-0.05, 0) is 38.9 Å². The summed E-state index contributed by atoms with van der Waals surface area (Å²) in [5.41, 5.74) is 8.72. The van der Waals surface area contributed by atoms with Crippen molar-refractivity contribution >= 4 is 11.5 Å². The van der Waals surface area contributed by atoms with Crippen LogP contribution in [0.1, 0.15) is 30.2 Å². The van der Waals surface area contributed by atoms with Gasteiger partial charge < -0.3 is 20.7 Å². The number of piperazine rings is 1. The molecule has 0 amide bonds. The zero-order chi connectivity index (χ0) is 20.5. The molecule has 3 N–H and O–H groups in total. The van der Waals surface area contributed by atoms with E-state index in [0.29, 0.717) is 41.5 Å². The maximum absolute atomic E-state index is 14.7. The molecule has 156 valence electrons. The van der Waals surface area contributed by atoms with Gasteiger partial charge in [0.1, 0.15) is 5.82 Å². The molecule has 0 unspecified atom stereocenters. The Morgan fingerprint density at radius 2 is 2.10 bits per heavy atom. The Kier molecular flexibility index (Phi) is 5.56. The number of aromatic nitrogens is 2. The van der Waals surface area contributed by atoms with E-state index >= 15 is 0 Å². The fraction of sp³-hybridized carbons (Fsp3) is 0.524. The van der Waals surface area contributed by atoms with E-state index in [2.05, 4.69) is 32.1 Å². The summed E-state index contributed by atoms with van der Waals surface area (Å²) in [4.78, 5) is 13.4. The van der Waals surface area contributed by atoms with E-state index in [9.17, 15) is 4.39 Å². The molecule has 7 nitrogen and oxygen atoms in total. The van der Waals surface area contributed by atoms with Gasteiger partial charge in [-0.3, -0.25) is 4.90 Å². The normalized spacial score (nSPS) is 21.7. The van der Waals surface area contributed by atoms with Gasteiger partial charge in [0.05, 0.1) is 18.0 Å². The molecule has 8 heteroatoms. The van der Waals surface area contributed by atoms with Crippen LogP contribution >= 0.6 is 0 Å². The van der Waals surface area contributed by atoms with Gasteiger partial charge in [-0.2, -0.15) is 9.97 Å². The monoisotopic (exact) mass is 400 g/mol. The first-order chi connectivity index (χ1) is 13.9. The Bertz CT molecular complexity index is 890. The van der Waals surface area contributed by atoms with Crippen molar-refractivity contribution in [2.24, 2.45) is 0 Å². The SMILES string of the molecule is CCOc1nc(C)c(N)c(NCc2ccc(CN3C[C@@H]4C[C@H]3CN4C)cc2F)n1. The minimum absolute atomic E-state index is 0.217. The van der Waals surface area contributed by atoms with E-state index < -0.39 is 0 Å². The second kappa shape index (κ2) is 8.12. The van der Waals surface area contributed by atoms with Gasteiger partial charge in [0.2, 0.25) is 0 Å². The zero-order valence-electron chi connectivity index (χ0n) is 17.3. The number of likely N-dealkylation sites (N-methyl/N-ethyl adjacent to an activating group) is 1. The van der Waals surface area contributed by atoms with Gasteiger partial charge in [-0.1, -0.05) is 12.1 Å². The first kappa shape index (κ1) is 19.8. The van der Waals surface area contributed by atoms with Gasteiger partial charge in [0.25, 0.3) is 0 Å². The van der Waals surface area contributed by atoms with Crippen molar-refractivity contribution in [1.29, 1.82) is 0 Å². The van der Waals surface area contributed by atoms with Crippen LogP contribution in [0, 0.1) is 12.7 Å². The fourth-order valence-electron chi connectivity index (χ4n) is 4.27. The Labute approximate surface area is 171 Å². The number of likely N-dealkylation sites (tertiary alicyclic amines) is 2. The molecule has 2 fully saturated rings. The predicted octanol–water partition coefficient (Wildman–Crippen LogP) is 2.41. The van der Waals surface area contributed by atoms with Gasteiger partial charge in [0.15, 0.2) is 5.82 Å². The number of benzene rings is 1. The Hall–Kier alpha value is -2.45. The van der Waals surface area contributed by atoms with Crippen LogP contribution in [0.2, 0.25) is 0 Å². The number of nitrogen functional groups attached to an aromatic ring is 1. The summed E-state index contributed by atoms with van der Waals surface area (Å²) in [5, 5.41) is 3.12. The number of nitrogens with zero attached hydrogens (tertiary/aromatic N) is 4. The Morgan fingerprint density at radius 1 is 1.28 bits per heavy atom. The number of rotatable bonds is 7. The summed E-state index contributed by atoms with van der Waals surface area (Å²) < 4.78 is 20.1. The Morgan fingerprint density at radius 3 is 2.76 bits per heavy atom. The molecule has 1 aromatic heterocycles. The molecule has 29 heavy (non-hydrogen) atoms. The van der Waals surface area contributed by atoms with Crippen LogP contribution in [0.25, 0.3) is 0 Å². The number of fused-ring (bicyclic) bond motifs is 2. The summed E-state index contributed by atoms with van der Waals surface area (Å²) in [7, 11) is 2.19. The highest BCUT2D eigenvalue weighted by Gasteiger charge is 2.41. The number of anilines is 2. The van der Waals surface area contributed by atoms with Crippen molar-refractivity contribution in [3.8, 4) is 6.01 Å². The maximum Gasteiger partial charge on any atom is 0.318 e. The lowest BCUT2D eigenvalue weighted by molar-refractivity contribution is 0.143. The van der Waals surface area contributed by atoms with Crippen LogP contribution < -0.4 is 15.8 Å². The summed E-state index contributed by atoms with van der Waals surface area (Å²) in [6.45, 7) is 7.40. The fourth-order valence-corrected chi connectivity index (χ4v) is 4.27. The lowest BCUT2D eigenvalue weighted by Crippen LogP contribution is -2.43. The second-order valence-electron chi connectivity index (χ2n) is 7.98. The number of ether oxygens (including phenoxy) is 1. The third kappa shape index (κ3) is 4.13. The van der Waals surface area contributed by atoms with Gasteiger partial charge >= 0.3 is 6.01 Å². The van der Waals surface area contributed by atoms with E-state index in [1.54, 1.807) is 13.0 Å². The molecule has 2 saturated heterocycles. The van der Waals surface area contributed by atoms with Gasteiger partial charge in [0, 0.05) is 43.8 Å². The number of aryl methyl sites for hydroxylation is 1. The van der Waals surface area contributed by atoms with Crippen molar-refractivity contribution < 1.29 is 9.13 Å². The molecular formula is C21H29FN6O. The lowest BCUT2D eigenvalue weighted by atomic mass is 10.1. The van der Waals surface area contributed by atoms with Gasteiger partial charge in [-0.25, -0.2) is 4.39 Å².